The maximum atomic E-state index is 12.2. The minimum absolute atomic E-state index is 0.0791. The first kappa shape index (κ1) is 40.9. The summed E-state index contributed by atoms with van der Waals surface area (Å²) in [4.78, 5) is 45.4. The molecule has 0 saturated heterocycles. The molecule has 0 bridgehead atoms. The van der Waals surface area contributed by atoms with E-state index >= 15 is 0 Å². The topological polar surface area (TPSA) is 131 Å². The van der Waals surface area contributed by atoms with Crippen LogP contribution in [0.2, 0.25) is 0 Å². The van der Waals surface area contributed by atoms with Crippen LogP contribution in [0.5, 0.6) is 5.75 Å². The molecule has 0 heterocycles. The van der Waals surface area contributed by atoms with E-state index in [9.17, 15) is 19.2 Å². The summed E-state index contributed by atoms with van der Waals surface area (Å²) in [5, 5.41) is 0. The largest absolute Gasteiger partial charge is 0.493 e. The fraction of sp³-hybridized carbons (Fsp3) is 0.526. The summed E-state index contributed by atoms with van der Waals surface area (Å²) in [6.07, 6.45) is 4.30. The molecule has 9 nitrogen and oxygen atoms in total. The SMILES string of the molecule is CC(=O)OC(C)c1ccccc1C.CCC(=O)OC(C)(C)C.COC(=O)C1CCCCC1COc1ccc(C(=O)/C(C)=C(/C)N)cc1. The Morgan fingerprint density at radius 2 is 1.53 bits per heavy atom. The third kappa shape index (κ3) is 15.3. The monoisotopic (exact) mass is 653 g/mol. The quantitative estimate of drug-likeness (QED) is 0.124. The lowest BCUT2D eigenvalue weighted by Gasteiger charge is -2.29. The van der Waals surface area contributed by atoms with Gasteiger partial charge in [-0.1, -0.05) is 44.0 Å². The second-order valence-corrected chi connectivity index (χ2v) is 12.7. The Morgan fingerprint density at radius 3 is 2.02 bits per heavy atom. The number of aryl methyl sites for hydroxylation is 1. The van der Waals surface area contributed by atoms with Crippen molar-refractivity contribution in [1.82, 2.24) is 0 Å². The number of benzene rings is 2. The summed E-state index contributed by atoms with van der Waals surface area (Å²) in [7, 11) is 1.43. The first-order chi connectivity index (χ1) is 22.0. The maximum absolute atomic E-state index is 12.2. The first-order valence-corrected chi connectivity index (χ1v) is 16.2. The second-order valence-electron chi connectivity index (χ2n) is 12.7. The summed E-state index contributed by atoms with van der Waals surface area (Å²) in [6.45, 7) is 16.6. The van der Waals surface area contributed by atoms with Crippen molar-refractivity contribution in [2.45, 2.75) is 106 Å². The number of carbonyl (C=O) groups is 4. The normalized spacial score (nSPS) is 16.8. The van der Waals surface area contributed by atoms with E-state index in [0.717, 1.165) is 36.8 Å². The van der Waals surface area contributed by atoms with Gasteiger partial charge in [-0.05, 0) is 96.7 Å². The number of allylic oxidation sites excluding steroid dienone is 2. The fourth-order valence-electron chi connectivity index (χ4n) is 4.94. The number of carbonyl (C=O) groups excluding carboxylic acids is 4. The summed E-state index contributed by atoms with van der Waals surface area (Å²) < 4.78 is 20.8. The molecule has 0 aromatic heterocycles. The highest BCUT2D eigenvalue weighted by atomic mass is 16.6. The van der Waals surface area contributed by atoms with E-state index in [-0.39, 0.29) is 47.2 Å². The van der Waals surface area contributed by atoms with Crippen LogP contribution >= 0.6 is 0 Å². The lowest BCUT2D eigenvalue weighted by Crippen LogP contribution is -2.32. The van der Waals surface area contributed by atoms with E-state index in [1.54, 1.807) is 45.0 Å². The predicted octanol–water partition coefficient (Wildman–Crippen LogP) is 7.84. The van der Waals surface area contributed by atoms with Crippen molar-refractivity contribution in [1.29, 1.82) is 0 Å². The molecular weight excluding hydrogens is 598 g/mol. The number of esters is 3. The molecular formula is C38H55NO8. The number of Topliss-reactive ketones (excluding diaryl/α,β-unsaturated/α-hetero) is 1. The summed E-state index contributed by atoms with van der Waals surface area (Å²) in [6, 6.07) is 14.9. The van der Waals surface area contributed by atoms with Gasteiger partial charge < -0.3 is 24.7 Å². The average molecular weight is 654 g/mol. The van der Waals surface area contributed by atoms with Crippen molar-refractivity contribution >= 4 is 23.7 Å². The Balaban J connectivity index is 0.000000417. The summed E-state index contributed by atoms with van der Waals surface area (Å²) >= 11 is 0. The molecule has 0 aliphatic heterocycles. The van der Waals surface area contributed by atoms with Crippen molar-refractivity contribution < 1.29 is 38.1 Å². The molecule has 1 fully saturated rings. The number of ether oxygens (including phenoxy) is 4. The molecule has 47 heavy (non-hydrogen) atoms. The summed E-state index contributed by atoms with van der Waals surface area (Å²) in [5.41, 5.74) is 9.23. The van der Waals surface area contributed by atoms with Gasteiger partial charge in [-0.25, -0.2) is 0 Å². The Labute approximate surface area is 281 Å². The van der Waals surface area contributed by atoms with Crippen LogP contribution < -0.4 is 10.5 Å². The van der Waals surface area contributed by atoms with Gasteiger partial charge in [0.05, 0.1) is 19.6 Å². The minimum atomic E-state index is -0.326. The van der Waals surface area contributed by atoms with Crippen molar-refractivity contribution in [3.8, 4) is 5.75 Å². The smallest absolute Gasteiger partial charge is 0.309 e. The first-order valence-electron chi connectivity index (χ1n) is 16.2. The van der Waals surface area contributed by atoms with Crippen LogP contribution in [-0.2, 0) is 28.6 Å². The van der Waals surface area contributed by atoms with Crippen molar-refractivity contribution in [2.75, 3.05) is 13.7 Å². The van der Waals surface area contributed by atoms with Gasteiger partial charge in [-0.15, -0.1) is 0 Å². The highest BCUT2D eigenvalue weighted by molar-refractivity contribution is 6.08. The molecule has 2 aromatic carbocycles. The highest BCUT2D eigenvalue weighted by Gasteiger charge is 2.32. The third-order valence-corrected chi connectivity index (χ3v) is 7.60. The maximum Gasteiger partial charge on any atom is 0.309 e. The zero-order chi connectivity index (χ0) is 35.7. The molecule has 260 valence electrons. The number of nitrogens with two attached hydrogens (primary N) is 1. The van der Waals surface area contributed by atoms with Gasteiger partial charge >= 0.3 is 17.9 Å². The zero-order valence-corrected chi connectivity index (χ0v) is 29.9. The van der Waals surface area contributed by atoms with Gasteiger partial charge in [0.1, 0.15) is 17.5 Å². The molecule has 3 unspecified atom stereocenters. The Hall–Kier alpha value is -4.14. The second kappa shape index (κ2) is 20.2. The lowest BCUT2D eigenvalue weighted by molar-refractivity contribution is -0.154. The van der Waals surface area contributed by atoms with Crippen LogP contribution in [0.4, 0.5) is 0 Å². The van der Waals surface area contributed by atoms with Gasteiger partial charge in [0, 0.05) is 36.1 Å². The van der Waals surface area contributed by atoms with Gasteiger partial charge in [-0.2, -0.15) is 0 Å². The number of rotatable bonds is 9. The molecule has 3 atom stereocenters. The van der Waals surface area contributed by atoms with E-state index in [0.29, 0.717) is 35.6 Å². The predicted molar refractivity (Wildman–Crippen MR) is 184 cm³/mol. The van der Waals surface area contributed by atoms with E-state index in [1.165, 1.54) is 14.0 Å². The molecule has 3 rings (SSSR count). The Kier molecular flexibility index (Phi) is 17.5. The molecule has 1 aliphatic rings. The lowest BCUT2D eigenvalue weighted by atomic mass is 9.80. The van der Waals surface area contributed by atoms with Crippen LogP contribution in [0, 0.1) is 18.8 Å². The molecule has 2 N–H and O–H groups in total. The van der Waals surface area contributed by atoms with Gasteiger partial charge in [0.2, 0.25) is 0 Å². The fourth-order valence-corrected chi connectivity index (χ4v) is 4.94. The van der Waals surface area contributed by atoms with Gasteiger partial charge in [0.15, 0.2) is 5.78 Å². The molecule has 1 saturated carbocycles. The Bertz CT molecular complexity index is 1340. The Morgan fingerprint density at radius 1 is 0.936 bits per heavy atom. The number of hydrogen-bond acceptors (Lipinski definition) is 9. The van der Waals surface area contributed by atoms with E-state index in [1.807, 2.05) is 58.9 Å². The minimum Gasteiger partial charge on any atom is -0.493 e. The number of methoxy groups -OCH3 is 1. The van der Waals surface area contributed by atoms with Crippen LogP contribution in [0.3, 0.4) is 0 Å². The molecule has 0 spiro atoms. The molecule has 1 aliphatic carbocycles. The van der Waals surface area contributed by atoms with E-state index in [2.05, 4.69) is 0 Å². The van der Waals surface area contributed by atoms with Crippen molar-refractivity contribution in [3.63, 3.8) is 0 Å². The molecule has 2 aromatic rings. The van der Waals surface area contributed by atoms with Crippen LogP contribution in [-0.4, -0.2) is 43.0 Å². The van der Waals surface area contributed by atoms with Crippen molar-refractivity contribution in [2.24, 2.45) is 17.6 Å². The molecule has 0 radical (unpaired) electrons. The van der Waals surface area contributed by atoms with E-state index < -0.39 is 0 Å². The number of hydrogen-bond donors (Lipinski definition) is 1. The van der Waals surface area contributed by atoms with E-state index in [4.69, 9.17) is 24.7 Å². The van der Waals surface area contributed by atoms with Gasteiger partial charge in [-0.3, -0.25) is 19.2 Å². The molecule has 9 heteroatoms. The number of ketones is 1. The average Bonchev–Trinajstić information content (AvgIpc) is 3.02. The van der Waals surface area contributed by atoms with Crippen molar-refractivity contribution in [3.05, 3.63) is 76.5 Å². The third-order valence-electron chi connectivity index (χ3n) is 7.60. The van der Waals surface area contributed by atoms with Crippen LogP contribution in [0.1, 0.15) is 115 Å². The highest BCUT2D eigenvalue weighted by Crippen LogP contribution is 2.31. The van der Waals surface area contributed by atoms with Crippen LogP contribution in [0.15, 0.2) is 59.8 Å². The van der Waals surface area contributed by atoms with Crippen LogP contribution in [0.25, 0.3) is 0 Å². The zero-order valence-electron chi connectivity index (χ0n) is 29.9. The summed E-state index contributed by atoms with van der Waals surface area (Å²) in [5.74, 6) is 0.181. The standard InChI is InChI=1S/C20H27NO4.C11H14O2.C7H14O2/c1-13(14(2)21)19(22)15-8-10-17(11-9-15)25-12-16-6-4-5-7-18(16)20(23)24-3;1-8-6-4-5-7-11(8)9(2)13-10(3)12;1-5-6(8)9-7(2,3)4/h8-11,16,18H,4-7,12,21H2,1-3H3;4-7,9H,1-3H3;5H2,1-4H3/b14-13-;;. The molecule has 0 amide bonds. The van der Waals surface area contributed by atoms with Gasteiger partial charge in [0.25, 0.3) is 0 Å².